The molecule has 6 heteroatoms. The lowest BCUT2D eigenvalue weighted by Crippen LogP contribution is -2.25. The Hall–Kier alpha value is -2.89. The molecule has 0 atom stereocenters. The molecule has 0 spiro atoms. The Kier molecular flexibility index (Phi) is 5.28. The van der Waals surface area contributed by atoms with Crippen molar-refractivity contribution in [2.75, 3.05) is 13.2 Å². The van der Waals surface area contributed by atoms with Crippen molar-refractivity contribution in [2.45, 2.75) is 26.8 Å². The lowest BCUT2D eigenvalue weighted by Gasteiger charge is -2.08. The van der Waals surface area contributed by atoms with Crippen LogP contribution in [-0.4, -0.2) is 34.1 Å². The Labute approximate surface area is 146 Å². The van der Waals surface area contributed by atoms with E-state index in [1.54, 1.807) is 16.8 Å². The Morgan fingerprint density at radius 2 is 2.12 bits per heavy atom. The smallest absolute Gasteiger partial charge is 0.251 e. The van der Waals surface area contributed by atoms with Crippen LogP contribution in [0.3, 0.4) is 0 Å². The Morgan fingerprint density at radius 3 is 2.92 bits per heavy atom. The first-order valence-electron chi connectivity index (χ1n) is 8.48. The monoisotopic (exact) mass is 338 g/mol. The molecule has 1 heterocycles. The van der Waals surface area contributed by atoms with E-state index in [2.05, 4.69) is 15.6 Å². The number of carbonyl (C=O) groups is 1. The number of aromatic nitrogens is 3. The summed E-state index contributed by atoms with van der Waals surface area (Å²) in [6, 6.07) is 13.4. The van der Waals surface area contributed by atoms with Gasteiger partial charge in [0, 0.05) is 18.7 Å². The van der Waals surface area contributed by atoms with Gasteiger partial charge < -0.3 is 10.1 Å². The molecule has 0 aliphatic heterocycles. The molecule has 0 aliphatic carbocycles. The van der Waals surface area contributed by atoms with E-state index < -0.39 is 0 Å². The highest BCUT2D eigenvalue weighted by atomic mass is 16.5. The first-order chi connectivity index (χ1) is 12.2. The van der Waals surface area contributed by atoms with Crippen LogP contribution in [-0.2, 0) is 6.54 Å². The van der Waals surface area contributed by atoms with Gasteiger partial charge in [0.05, 0.1) is 12.1 Å². The zero-order chi connectivity index (χ0) is 17.6. The van der Waals surface area contributed by atoms with E-state index in [1.165, 1.54) is 5.56 Å². The minimum Gasteiger partial charge on any atom is -0.494 e. The number of nitrogens with zero attached hydrogens (tertiary/aromatic N) is 3. The Bertz CT molecular complexity index is 873. The van der Waals surface area contributed by atoms with E-state index in [0.29, 0.717) is 18.7 Å². The molecule has 0 unspecified atom stereocenters. The SMILES string of the molecule is CCn1nnc2cc(C(=O)NCCCOc3cccc(C)c3)ccc21. The van der Waals surface area contributed by atoms with Crippen LogP contribution in [0.1, 0.15) is 29.3 Å². The van der Waals surface area contributed by atoms with E-state index in [4.69, 9.17) is 4.74 Å². The number of amides is 1. The summed E-state index contributed by atoms with van der Waals surface area (Å²) in [4.78, 5) is 12.2. The predicted molar refractivity (Wildman–Crippen MR) is 96.8 cm³/mol. The summed E-state index contributed by atoms with van der Waals surface area (Å²) in [5.74, 6) is 0.749. The fourth-order valence-electron chi connectivity index (χ4n) is 2.62. The molecule has 3 rings (SSSR count). The number of nitrogens with one attached hydrogen (secondary N) is 1. The van der Waals surface area contributed by atoms with Crippen LogP contribution in [0.15, 0.2) is 42.5 Å². The number of benzene rings is 2. The second-order valence-corrected chi connectivity index (χ2v) is 5.88. The maximum atomic E-state index is 12.2. The minimum absolute atomic E-state index is 0.108. The standard InChI is InChI=1S/C19H22N4O2/c1-3-23-18-9-8-15(13-17(18)21-22-23)19(24)20-10-5-11-25-16-7-4-6-14(2)12-16/h4,6-9,12-13H,3,5,10-11H2,1-2H3,(H,20,24). The Morgan fingerprint density at radius 1 is 1.24 bits per heavy atom. The lowest BCUT2D eigenvalue weighted by atomic mass is 10.2. The molecular weight excluding hydrogens is 316 g/mol. The topological polar surface area (TPSA) is 69.0 Å². The zero-order valence-electron chi connectivity index (χ0n) is 14.5. The van der Waals surface area contributed by atoms with Crippen molar-refractivity contribution in [3.05, 3.63) is 53.6 Å². The number of rotatable bonds is 7. The number of hydrogen-bond acceptors (Lipinski definition) is 4. The van der Waals surface area contributed by atoms with Gasteiger partial charge in [0.15, 0.2) is 0 Å². The maximum Gasteiger partial charge on any atom is 0.251 e. The predicted octanol–water partition coefficient (Wildman–Crippen LogP) is 2.96. The summed E-state index contributed by atoms with van der Waals surface area (Å²) >= 11 is 0. The van der Waals surface area contributed by atoms with Crippen LogP contribution in [0.25, 0.3) is 11.0 Å². The van der Waals surface area contributed by atoms with E-state index in [0.717, 1.165) is 29.7 Å². The highest BCUT2D eigenvalue weighted by molar-refractivity contribution is 5.97. The van der Waals surface area contributed by atoms with E-state index >= 15 is 0 Å². The summed E-state index contributed by atoms with van der Waals surface area (Å²) in [6.45, 7) is 5.91. The Balaban J connectivity index is 1.47. The first-order valence-corrected chi connectivity index (χ1v) is 8.48. The number of hydrogen-bond donors (Lipinski definition) is 1. The average Bonchev–Trinajstić information content (AvgIpc) is 3.03. The molecule has 0 bridgehead atoms. The molecule has 0 fully saturated rings. The van der Waals surface area contributed by atoms with Gasteiger partial charge >= 0.3 is 0 Å². The maximum absolute atomic E-state index is 12.2. The molecule has 1 N–H and O–H groups in total. The molecule has 0 radical (unpaired) electrons. The number of ether oxygens (including phenoxy) is 1. The van der Waals surface area contributed by atoms with Crippen LogP contribution in [0, 0.1) is 6.92 Å². The van der Waals surface area contributed by atoms with Crippen LogP contribution in [0.5, 0.6) is 5.75 Å². The van der Waals surface area contributed by atoms with Crippen LogP contribution in [0.4, 0.5) is 0 Å². The van der Waals surface area contributed by atoms with Crippen molar-refractivity contribution in [2.24, 2.45) is 0 Å². The fourth-order valence-corrected chi connectivity index (χ4v) is 2.62. The molecule has 25 heavy (non-hydrogen) atoms. The van der Waals surface area contributed by atoms with Crippen LogP contribution in [0.2, 0.25) is 0 Å². The van der Waals surface area contributed by atoms with Gasteiger partial charge in [-0.3, -0.25) is 4.79 Å². The molecule has 0 saturated carbocycles. The van der Waals surface area contributed by atoms with Gasteiger partial charge in [-0.25, -0.2) is 4.68 Å². The van der Waals surface area contributed by atoms with Crippen molar-refractivity contribution in [1.29, 1.82) is 0 Å². The van der Waals surface area contributed by atoms with E-state index in [1.807, 2.05) is 44.2 Å². The first kappa shape index (κ1) is 17.0. The number of fused-ring (bicyclic) bond motifs is 1. The molecule has 2 aromatic carbocycles. The van der Waals surface area contributed by atoms with Crippen molar-refractivity contribution in [3.63, 3.8) is 0 Å². The van der Waals surface area contributed by atoms with Gasteiger partial charge in [-0.2, -0.15) is 0 Å². The van der Waals surface area contributed by atoms with Gasteiger partial charge in [-0.15, -0.1) is 5.10 Å². The normalized spacial score (nSPS) is 10.8. The molecule has 6 nitrogen and oxygen atoms in total. The fraction of sp³-hybridized carbons (Fsp3) is 0.316. The van der Waals surface area contributed by atoms with Gasteiger partial charge in [-0.05, 0) is 56.2 Å². The van der Waals surface area contributed by atoms with Gasteiger partial charge in [0.1, 0.15) is 11.3 Å². The van der Waals surface area contributed by atoms with Crippen molar-refractivity contribution < 1.29 is 9.53 Å². The third kappa shape index (κ3) is 4.15. The summed E-state index contributed by atoms with van der Waals surface area (Å²) in [6.07, 6.45) is 0.744. The highest BCUT2D eigenvalue weighted by Crippen LogP contribution is 2.14. The largest absolute Gasteiger partial charge is 0.494 e. The van der Waals surface area contributed by atoms with E-state index in [-0.39, 0.29) is 5.91 Å². The molecule has 3 aromatic rings. The van der Waals surface area contributed by atoms with Gasteiger partial charge in [-0.1, -0.05) is 17.3 Å². The van der Waals surface area contributed by atoms with Crippen LogP contribution >= 0.6 is 0 Å². The average molecular weight is 338 g/mol. The molecular formula is C19H22N4O2. The second-order valence-electron chi connectivity index (χ2n) is 5.88. The lowest BCUT2D eigenvalue weighted by molar-refractivity contribution is 0.0951. The van der Waals surface area contributed by atoms with Gasteiger partial charge in [0.25, 0.3) is 5.91 Å². The second kappa shape index (κ2) is 7.79. The molecule has 1 aromatic heterocycles. The molecule has 0 saturated heterocycles. The molecule has 0 aliphatic rings. The minimum atomic E-state index is -0.108. The molecule has 130 valence electrons. The summed E-state index contributed by atoms with van der Waals surface area (Å²) in [5.41, 5.74) is 3.43. The van der Waals surface area contributed by atoms with E-state index in [9.17, 15) is 4.79 Å². The van der Waals surface area contributed by atoms with Crippen molar-refractivity contribution in [3.8, 4) is 5.75 Å². The summed E-state index contributed by atoms with van der Waals surface area (Å²) in [5, 5.41) is 11.1. The summed E-state index contributed by atoms with van der Waals surface area (Å²) < 4.78 is 7.48. The van der Waals surface area contributed by atoms with Gasteiger partial charge in [0.2, 0.25) is 0 Å². The molecule has 1 amide bonds. The van der Waals surface area contributed by atoms with Crippen LogP contribution < -0.4 is 10.1 Å². The van der Waals surface area contributed by atoms with Crippen molar-refractivity contribution in [1.82, 2.24) is 20.3 Å². The van der Waals surface area contributed by atoms with Crippen molar-refractivity contribution >= 4 is 16.9 Å². The third-order valence-electron chi connectivity index (χ3n) is 3.94. The number of aryl methyl sites for hydroxylation is 2. The number of carbonyl (C=O) groups excluding carboxylic acids is 1. The zero-order valence-corrected chi connectivity index (χ0v) is 14.5. The summed E-state index contributed by atoms with van der Waals surface area (Å²) in [7, 11) is 0. The highest BCUT2D eigenvalue weighted by Gasteiger charge is 2.09. The third-order valence-corrected chi connectivity index (χ3v) is 3.94. The quantitative estimate of drug-likeness (QED) is 0.673.